The molecule has 4 saturated heterocycles. The predicted octanol–water partition coefficient (Wildman–Crippen LogP) is 15.7. The van der Waals surface area contributed by atoms with Crippen molar-refractivity contribution in [1.82, 2.24) is 116 Å². The second kappa shape index (κ2) is 36.0. The summed E-state index contributed by atoms with van der Waals surface area (Å²) in [6.07, 6.45) is 24.2. The molecule has 0 aliphatic carbocycles. The van der Waals surface area contributed by atoms with Crippen molar-refractivity contribution in [2.24, 2.45) is 0 Å². The smallest absolute Gasteiger partial charge is 0.233 e. The summed E-state index contributed by atoms with van der Waals surface area (Å²) < 4.78 is 58.5. The fourth-order valence-electron chi connectivity index (χ4n) is 14.7. The molecule has 0 amide bonds. The van der Waals surface area contributed by atoms with Crippen LogP contribution in [-0.4, -0.2) is 142 Å². The van der Waals surface area contributed by atoms with Gasteiger partial charge in [-0.1, -0.05) is 54.6 Å². The molecule has 20 rings (SSSR count). The highest BCUT2D eigenvalue weighted by atomic mass is 19.1. The highest BCUT2D eigenvalue weighted by Crippen LogP contribution is 2.40. The Morgan fingerprint density at radius 1 is 0.328 bits per heavy atom. The average Bonchev–Trinajstić information content (AvgIpc) is 1.67. The van der Waals surface area contributed by atoms with E-state index in [2.05, 4.69) is 156 Å². The molecule has 8 N–H and O–H groups in total. The van der Waals surface area contributed by atoms with Gasteiger partial charge in [0.15, 0.2) is 29.0 Å². The number of anilines is 12. The molecule has 32 nitrogen and oxygen atoms in total. The van der Waals surface area contributed by atoms with Gasteiger partial charge in [-0.05, 0) is 171 Å². The first kappa shape index (κ1) is 76.3. The maximum Gasteiger partial charge on any atom is 0.233 e. The number of nitrogens with zero attached hydrogens (tertiary/aromatic N) is 23. The average molecular weight is 1600 g/mol. The van der Waals surface area contributed by atoms with Gasteiger partial charge in [-0.25, -0.2) is 57.4 Å². The van der Waals surface area contributed by atoms with Crippen LogP contribution in [0.15, 0.2) is 243 Å². The molecule has 4 aromatic carbocycles. The minimum Gasteiger partial charge on any atom is -0.463 e. The van der Waals surface area contributed by atoms with Crippen LogP contribution in [0.5, 0.6) is 0 Å². The van der Waals surface area contributed by atoms with Crippen LogP contribution in [0.3, 0.4) is 0 Å². The van der Waals surface area contributed by atoms with E-state index in [0.717, 1.165) is 139 Å². The first-order valence-corrected chi connectivity index (χ1v) is 38.4. The second-order valence-corrected chi connectivity index (χ2v) is 27.9. The Hall–Kier alpha value is -15.4. The summed E-state index contributed by atoms with van der Waals surface area (Å²) >= 11 is 0. The lowest BCUT2D eigenvalue weighted by Crippen LogP contribution is -2.25. The van der Waals surface area contributed by atoms with Crippen LogP contribution in [0, 0.1) is 23.3 Å². The van der Waals surface area contributed by atoms with Gasteiger partial charge in [-0.3, -0.25) is 35.3 Å². The number of nitrogens with one attached hydrogen (secondary N) is 8. The molecule has 4 aliphatic heterocycles. The van der Waals surface area contributed by atoms with E-state index in [1.807, 2.05) is 127 Å². The molecule has 16 aromatic rings. The van der Waals surface area contributed by atoms with Gasteiger partial charge in [-0.15, -0.1) is 0 Å². The summed E-state index contributed by atoms with van der Waals surface area (Å²) in [5.41, 5.74) is 10.2. The van der Waals surface area contributed by atoms with Gasteiger partial charge in [0.2, 0.25) is 47.6 Å². The molecular weight excluding hydrogens is 1520 g/mol. The largest absolute Gasteiger partial charge is 0.463 e. The molecule has 36 heteroatoms. The normalized spacial score (nSPS) is 16.1. The maximum atomic E-state index is 13.3. The summed E-state index contributed by atoms with van der Waals surface area (Å²) in [6.45, 7) is 3.33. The monoisotopic (exact) mass is 1600 g/mol. The number of hydrogen-bond acceptors (Lipinski definition) is 28. The molecule has 4 aliphatic rings. The number of benzene rings is 4. The standard InChI is InChI=1S/3C21H19FN8.C20H18FN7O/c22-16-7-5-14(6-8-16)18-4-2-10-30(18)21-25-13-24-20(27-21)26-19-11-17(28-29-19)15-3-1-9-23-12-15;22-16-5-3-15(4-6-16)18-2-1-11-30(18)21-25-13-24-20(27-21)26-19-12-17(28-29-19)14-7-9-23-10-8-14;22-15-8-6-14(7-9-15)18-5-3-11-30(18)21-25-13-24-20(27-21)26-19-12-17(28-29-19)16-4-1-2-10-23-16;21-14-7-5-13(6-8-14)16-3-1-9-28(16)20-23-12-22-19(25-20)24-18-11-15(26-27-18)17-4-2-10-29-17/h1,3,5-9,11-13,18H,2,4,10H2,(H2,24,25,26,27,28,29);3-10,12-13,18H,1-2,11H2,(H2,24,25,26,27,28,29);1-2,4,6-10,12-13,18H,3,5,11H2,(H2,24,25,26,27,28,29);2,4-8,10-12,16H,1,3,9H2,(H2,22,23,24,25,26,27). The fraction of sp³-hybridized carbons (Fsp3) is 0.193. The molecule has 0 saturated carbocycles. The van der Waals surface area contributed by atoms with Gasteiger partial charge < -0.3 is 45.3 Å². The topological polar surface area (TPSA) is 382 Å². The van der Waals surface area contributed by atoms with Crippen molar-refractivity contribution < 1.29 is 22.0 Å². The van der Waals surface area contributed by atoms with Crippen LogP contribution in [-0.2, 0) is 0 Å². The summed E-state index contributed by atoms with van der Waals surface area (Å²) in [5.74, 6) is 6.08. The molecule has 596 valence electrons. The Labute approximate surface area is 677 Å². The Bertz CT molecular complexity index is 5500. The van der Waals surface area contributed by atoms with E-state index in [-0.39, 0.29) is 47.4 Å². The second-order valence-electron chi connectivity index (χ2n) is 27.9. The van der Waals surface area contributed by atoms with Crippen molar-refractivity contribution in [2.45, 2.75) is 75.5 Å². The summed E-state index contributed by atoms with van der Waals surface area (Å²) in [7, 11) is 0. The van der Waals surface area contributed by atoms with Crippen LogP contribution in [0.4, 0.5) is 88.4 Å². The third-order valence-electron chi connectivity index (χ3n) is 20.3. The van der Waals surface area contributed by atoms with Gasteiger partial charge in [0.25, 0.3) is 0 Å². The Balaban J connectivity index is 0.000000113. The van der Waals surface area contributed by atoms with Crippen molar-refractivity contribution in [2.75, 3.05) is 67.0 Å². The Kier molecular flexibility index (Phi) is 23.1. The molecule has 0 radical (unpaired) electrons. The first-order chi connectivity index (χ1) is 58.5. The lowest BCUT2D eigenvalue weighted by atomic mass is 10.0. The van der Waals surface area contributed by atoms with E-state index >= 15 is 0 Å². The van der Waals surface area contributed by atoms with Crippen molar-refractivity contribution in [1.29, 1.82) is 0 Å². The number of H-pyrrole nitrogens is 4. The summed E-state index contributed by atoms with van der Waals surface area (Å²) in [6, 6.07) is 51.3. The van der Waals surface area contributed by atoms with Gasteiger partial charge in [0.1, 0.15) is 54.3 Å². The first-order valence-electron chi connectivity index (χ1n) is 38.4. The van der Waals surface area contributed by atoms with E-state index < -0.39 is 0 Å². The fourth-order valence-corrected chi connectivity index (χ4v) is 14.7. The van der Waals surface area contributed by atoms with Gasteiger partial charge in [0.05, 0.1) is 53.2 Å². The van der Waals surface area contributed by atoms with Crippen LogP contribution < -0.4 is 40.9 Å². The van der Waals surface area contributed by atoms with Crippen molar-refractivity contribution in [3.63, 3.8) is 0 Å². The molecule has 0 bridgehead atoms. The minimum atomic E-state index is -0.238. The number of aromatic amines is 4. The van der Waals surface area contributed by atoms with Crippen LogP contribution >= 0.6 is 0 Å². The number of hydrogen-bond donors (Lipinski definition) is 8. The van der Waals surface area contributed by atoms with Gasteiger partial charge in [0, 0.05) is 92.6 Å². The Morgan fingerprint density at radius 3 is 1.06 bits per heavy atom. The minimum absolute atomic E-state index is 0.113. The number of halogens is 4. The maximum absolute atomic E-state index is 13.3. The lowest BCUT2D eigenvalue weighted by molar-refractivity contribution is 0.580. The highest BCUT2D eigenvalue weighted by Gasteiger charge is 2.33. The van der Waals surface area contributed by atoms with E-state index in [4.69, 9.17) is 4.42 Å². The number of pyridine rings is 3. The van der Waals surface area contributed by atoms with Crippen LogP contribution in [0.1, 0.15) is 97.8 Å². The number of furan rings is 1. The zero-order chi connectivity index (χ0) is 80.6. The molecule has 16 heterocycles. The molecule has 4 fully saturated rings. The number of aromatic nitrogens is 23. The zero-order valence-electron chi connectivity index (χ0n) is 63.5. The molecule has 4 atom stereocenters. The molecule has 4 unspecified atom stereocenters. The van der Waals surface area contributed by atoms with E-state index in [1.165, 1.54) is 73.8 Å². The van der Waals surface area contributed by atoms with Gasteiger partial charge in [-0.2, -0.15) is 40.3 Å². The number of rotatable bonds is 20. The zero-order valence-corrected chi connectivity index (χ0v) is 63.5. The Morgan fingerprint density at radius 2 is 0.697 bits per heavy atom. The van der Waals surface area contributed by atoms with Crippen molar-refractivity contribution >= 4 is 70.9 Å². The van der Waals surface area contributed by atoms with Crippen molar-refractivity contribution in [3.05, 3.63) is 284 Å². The van der Waals surface area contributed by atoms with Crippen LogP contribution in [0.25, 0.3) is 45.4 Å². The lowest BCUT2D eigenvalue weighted by Gasteiger charge is -2.25. The SMILES string of the molecule is Fc1ccc(C2CCCN2c2ncnc(Nc3cc(-c4ccccn4)[nH]n3)n2)cc1.Fc1ccc(C2CCCN2c2ncnc(Nc3cc(-c4cccnc4)[nH]n3)n2)cc1.Fc1ccc(C2CCCN2c2ncnc(Nc3cc(-c4ccco4)[nH]n3)n2)cc1.Fc1ccc(C2CCCN2c2ncnc(Nc3cc(-c4ccncc4)[nH]n3)n2)cc1. The molecule has 0 spiro atoms. The quantitative estimate of drug-likeness (QED) is 0.0329. The third-order valence-corrected chi connectivity index (χ3v) is 20.3. The van der Waals surface area contributed by atoms with Gasteiger partial charge >= 0.3 is 0 Å². The van der Waals surface area contributed by atoms with E-state index in [0.29, 0.717) is 76.6 Å². The molecule has 12 aromatic heterocycles. The third kappa shape index (κ3) is 18.7. The van der Waals surface area contributed by atoms with E-state index in [9.17, 15) is 17.6 Å². The van der Waals surface area contributed by atoms with E-state index in [1.54, 1.807) is 37.2 Å². The molecule has 119 heavy (non-hydrogen) atoms. The predicted molar refractivity (Wildman–Crippen MR) is 437 cm³/mol. The highest BCUT2D eigenvalue weighted by molar-refractivity contribution is 5.67. The van der Waals surface area contributed by atoms with Crippen molar-refractivity contribution in [3.8, 4) is 45.4 Å². The summed E-state index contributed by atoms with van der Waals surface area (Å²) in [4.78, 5) is 73.6. The van der Waals surface area contributed by atoms with Crippen LogP contribution in [0.2, 0.25) is 0 Å². The summed E-state index contributed by atoms with van der Waals surface area (Å²) in [5, 5.41) is 41.3. The molecular formula is C83H75F4N31O.